The number of rotatable bonds is 4. The van der Waals surface area contributed by atoms with Crippen LogP contribution in [0.25, 0.3) is 27.9 Å². The fraction of sp³-hybridized carbons (Fsp3) is 0.520. The number of nitrogens with zero attached hydrogens (tertiary/aromatic N) is 7. The molecule has 10 nitrogen and oxygen atoms in total. The lowest BCUT2D eigenvalue weighted by atomic mass is 9.93. The van der Waals surface area contributed by atoms with E-state index in [0.29, 0.717) is 47.7 Å². The molecule has 4 aromatic heterocycles. The van der Waals surface area contributed by atoms with Crippen molar-refractivity contribution in [2.45, 2.75) is 50.9 Å². The number of aromatic nitrogens is 6. The number of nitrogens with one attached hydrogen (secondary N) is 1. The maximum atomic E-state index is 13.1. The van der Waals surface area contributed by atoms with Gasteiger partial charge in [0.1, 0.15) is 23.4 Å². The highest BCUT2D eigenvalue weighted by Crippen LogP contribution is 2.34. The van der Waals surface area contributed by atoms with E-state index in [9.17, 15) is 22.0 Å². The van der Waals surface area contributed by atoms with Gasteiger partial charge in [-0.25, -0.2) is 23.3 Å². The number of ether oxygens (including phenoxy) is 1. The highest BCUT2D eigenvalue weighted by molar-refractivity contribution is 5.89. The number of pyridine rings is 1. The molecule has 2 saturated heterocycles. The fourth-order valence-electron chi connectivity index (χ4n) is 5.06. The van der Waals surface area contributed by atoms with Crippen LogP contribution in [0.5, 0.6) is 0 Å². The number of hydrogen-bond acceptors (Lipinski definition) is 8. The van der Waals surface area contributed by atoms with Crippen molar-refractivity contribution in [3.8, 4) is 11.3 Å². The second-order valence-electron chi connectivity index (χ2n) is 10.4. The van der Waals surface area contributed by atoms with E-state index in [2.05, 4.69) is 25.4 Å². The zero-order chi connectivity index (χ0) is 28.9. The SMILES string of the molecule is CC1(N2CCCC(F)(F)C2)COC1.CNc1nc(N)nn2ccc(-c3ccc4nc(C)n(CC(F)(F)F)c4n3)c12. The maximum Gasteiger partial charge on any atom is 0.406 e. The van der Waals surface area contributed by atoms with Crippen molar-refractivity contribution in [2.75, 3.05) is 44.4 Å². The van der Waals surface area contributed by atoms with Crippen LogP contribution in [-0.2, 0) is 11.3 Å². The summed E-state index contributed by atoms with van der Waals surface area (Å²) in [5.74, 6) is -1.65. The molecule has 216 valence electrons. The Labute approximate surface area is 226 Å². The molecule has 0 aliphatic carbocycles. The number of anilines is 2. The summed E-state index contributed by atoms with van der Waals surface area (Å²) in [5, 5.41) is 7.06. The number of aryl methyl sites for hydroxylation is 1. The lowest BCUT2D eigenvalue weighted by molar-refractivity contribution is -0.171. The molecule has 40 heavy (non-hydrogen) atoms. The van der Waals surface area contributed by atoms with Gasteiger partial charge in [-0.05, 0) is 45.0 Å². The molecule has 6 heterocycles. The molecular weight excluding hydrogens is 537 g/mol. The van der Waals surface area contributed by atoms with Crippen molar-refractivity contribution in [2.24, 2.45) is 0 Å². The van der Waals surface area contributed by atoms with E-state index in [0.717, 1.165) is 11.1 Å². The van der Waals surface area contributed by atoms with Crippen LogP contribution in [0, 0.1) is 6.92 Å². The number of likely N-dealkylation sites (tertiary alicyclic amines) is 1. The van der Waals surface area contributed by atoms with E-state index >= 15 is 0 Å². The summed E-state index contributed by atoms with van der Waals surface area (Å²) in [7, 11) is 1.69. The zero-order valence-corrected chi connectivity index (χ0v) is 22.3. The first-order chi connectivity index (χ1) is 18.8. The third kappa shape index (κ3) is 5.52. The van der Waals surface area contributed by atoms with Crippen molar-refractivity contribution in [1.29, 1.82) is 0 Å². The molecule has 2 aliphatic heterocycles. The Balaban J connectivity index is 0.000000207. The molecule has 6 rings (SSSR count). The van der Waals surface area contributed by atoms with Crippen molar-refractivity contribution in [1.82, 2.24) is 34.0 Å². The average Bonchev–Trinajstić information content (AvgIpc) is 3.41. The van der Waals surface area contributed by atoms with Crippen molar-refractivity contribution >= 4 is 28.4 Å². The second-order valence-corrected chi connectivity index (χ2v) is 10.4. The Kier molecular flexibility index (Phi) is 7.06. The first-order valence-electron chi connectivity index (χ1n) is 12.7. The number of halogens is 5. The summed E-state index contributed by atoms with van der Waals surface area (Å²) < 4.78 is 72.6. The quantitative estimate of drug-likeness (QED) is 0.354. The van der Waals surface area contributed by atoms with Gasteiger partial charge in [0, 0.05) is 25.2 Å². The molecule has 3 N–H and O–H groups in total. The molecule has 15 heteroatoms. The van der Waals surface area contributed by atoms with Crippen LogP contribution < -0.4 is 11.1 Å². The third-order valence-electron chi connectivity index (χ3n) is 7.14. The zero-order valence-electron chi connectivity index (χ0n) is 22.3. The molecule has 0 atom stereocenters. The molecule has 2 fully saturated rings. The standard InChI is InChI=1S/C16H15F3N8.C9H15F2NO/c1-8-22-11-4-3-10(23-14(11)26(8)7-16(17,18)19)9-5-6-27-12(9)13(21-2)24-15(20)25-27;1-8(6-13-7-8)12-4-2-3-9(10,11)5-12/h3-6H,7H2,1-2H3,(H3,20,21,24,25);2-7H2,1H3. The Morgan fingerprint density at radius 3 is 2.50 bits per heavy atom. The van der Waals surface area contributed by atoms with E-state index in [1.807, 2.05) is 11.8 Å². The van der Waals surface area contributed by atoms with Gasteiger partial charge < -0.3 is 20.4 Å². The number of imidazole rings is 1. The lowest BCUT2D eigenvalue weighted by Crippen LogP contribution is -2.63. The van der Waals surface area contributed by atoms with E-state index < -0.39 is 18.6 Å². The summed E-state index contributed by atoms with van der Waals surface area (Å²) in [5.41, 5.74) is 7.91. The maximum absolute atomic E-state index is 13.1. The number of nitrogen functional groups attached to an aromatic ring is 1. The molecule has 0 unspecified atom stereocenters. The Morgan fingerprint density at radius 1 is 1.12 bits per heavy atom. The number of fused-ring (bicyclic) bond motifs is 2. The minimum absolute atomic E-state index is 0.0421. The van der Waals surface area contributed by atoms with Crippen molar-refractivity contribution < 1.29 is 26.7 Å². The monoisotopic (exact) mass is 567 g/mol. The summed E-state index contributed by atoms with van der Waals surface area (Å²) in [6.45, 7) is 4.27. The first-order valence-corrected chi connectivity index (χ1v) is 12.7. The van der Waals surface area contributed by atoms with Crippen LogP contribution >= 0.6 is 0 Å². The van der Waals surface area contributed by atoms with Gasteiger partial charge in [-0.1, -0.05) is 0 Å². The van der Waals surface area contributed by atoms with Crippen LogP contribution in [0.1, 0.15) is 25.6 Å². The highest BCUT2D eigenvalue weighted by Gasteiger charge is 2.46. The molecule has 0 spiro atoms. The van der Waals surface area contributed by atoms with E-state index in [-0.39, 0.29) is 35.9 Å². The molecule has 0 saturated carbocycles. The van der Waals surface area contributed by atoms with Crippen LogP contribution in [0.2, 0.25) is 0 Å². The number of nitrogens with two attached hydrogens (primary N) is 1. The van der Waals surface area contributed by atoms with Crippen LogP contribution in [0.3, 0.4) is 0 Å². The molecule has 2 aliphatic rings. The Hall–Kier alpha value is -3.59. The lowest BCUT2D eigenvalue weighted by Gasteiger charge is -2.50. The van der Waals surface area contributed by atoms with Gasteiger partial charge in [-0.2, -0.15) is 18.2 Å². The predicted octanol–water partition coefficient (Wildman–Crippen LogP) is 4.14. The highest BCUT2D eigenvalue weighted by atomic mass is 19.4. The summed E-state index contributed by atoms with van der Waals surface area (Å²) in [6, 6.07) is 5.12. The minimum Gasteiger partial charge on any atom is -0.377 e. The van der Waals surface area contributed by atoms with Crippen LogP contribution in [-0.4, -0.2) is 85.0 Å². The number of hydrogen-bond donors (Lipinski definition) is 2. The minimum atomic E-state index is -4.37. The van der Waals surface area contributed by atoms with E-state index in [4.69, 9.17) is 10.5 Å². The van der Waals surface area contributed by atoms with Gasteiger partial charge in [-0.15, -0.1) is 5.10 Å². The summed E-state index contributed by atoms with van der Waals surface area (Å²) in [4.78, 5) is 14.6. The van der Waals surface area contributed by atoms with Gasteiger partial charge >= 0.3 is 6.18 Å². The summed E-state index contributed by atoms with van der Waals surface area (Å²) >= 11 is 0. The Bertz CT molecular complexity index is 1530. The van der Waals surface area contributed by atoms with Gasteiger partial charge in [0.25, 0.3) is 5.92 Å². The van der Waals surface area contributed by atoms with Crippen LogP contribution in [0.15, 0.2) is 24.4 Å². The largest absolute Gasteiger partial charge is 0.406 e. The molecule has 0 bridgehead atoms. The number of piperidine rings is 1. The summed E-state index contributed by atoms with van der Waals surface area (Å²) in [6.07, 6.45) is -2.04. The van der Waals surface area contributed by atoms with Gasteiger partial charge in [0.2, 0.25) is 5.95 Å². The molecular formula is C25H30F5N9O. The Morgan fingerprint density at radius 2 is 1.88 bits per heavy atom. The molecule has 4 aromatic rings. The average molecular weight is 568 g/mol. The van der Waals surface area contributed by atoms with Crippen LogP contribution in [0.4, 0.5) is 33.7 Å². The first kappa shape index (κ1) is 28.0. The fourth-order valence-corrected chi connectivity index (χ4v) is 5.06. The van der Waals surface area contributed by atoms with E-state index in [1.54, 1.807) is 36.0 Å². The van der Waals surface area contributed by atoms with E-state index in [1.165, 1.54) is 6.92 Å². The predicted molar refractivity (Wildman–Crippen MR) is 139 cm³/mol. The molecule has 0 aromatic carbocycles. The molecule has 0 radical (unpaired) electrons. The normalized spacial score (nSPS) is 18.8. The van der Waals surface area contributed by atoms with Gasteiger partial charge in [0.05, 0.1) is 31.0 Å². The third-order valence-corrected chi connectivity index (χ3v) is 7.14. The topological polar surface area (TPSA) is 111 Å². The van der Waals surface area contributed by atoms with Crippen molar-refractivity contribution in [3.05, 3.63) is 30.2 Å². The van der Waals surface area contributed by atoms with Crippen molar-refractivity contribution in [3.63, 3.8) is 0 Å². The molecule has 0 amide bonds. The van der Waals surface area contributed by atoms with Gasteiger partial charge in [-0.3, -0.25) is 4.90 Å². The number of alkyl halides is 5. The smallest absolute Gasteiger partial charge is 0.377 e. The van der Waals surface area contributed by atoms with Gasteiger partial charge in [0.15, 0.2) is 11.5 Å². The second kappa shape index (κ2) is 10.1.